The van der Waals surface area contributed by atoms with Gasteiger partial charge in [0.2, 0.25) is 5.91 Å². The highest BCUT2D eigenvalue weighted by molar-refractivity contribution is 6.29. The maximum Gasteiger partial charge on any atom is 0.239 e. The van der Waals surface area contributed by atoms with E-state index in [2.05, 4.69) is 30.2 Å². The maximum atomic E-state index is 12.2. The number of nitrogens with zero attached hydrogens (tertiary/aromatic N) is 6. The first-order chi connectivity index (χ1) is 11.5. The average Bonchev–Trinajstić information content (AvgIpc) is 2.85. The molecule has 9 heteroatoms. The fourth-order valence-corrected chi connectivity index (χ4v) is 2.89. The fourth-order valence-electron chi connectivity index (χ4n) is 2.75. The summed E-state index contributed by atoms with van der Waals surface area (Å²) in [5.74, 6) is 1.51. The number of carbonyl (C=O) groups is 1. The molecular formula is C15H20ClN7O. The van der Waals surface area contributed by atoms with Gasteiger partial charge < -0.3 is 10.2 Å². The molecule has 1 amide bonds. The molecule has 0 spiro atoms. The quantitative estimate of drug-likeness (QED) is 0.827. The van der Waals surface area contributed by atoms with Gasteiger partial charge in [0.05, 0.1) is 12.2 Å². The largest absolute Gasteiger partial charge is 0.354 e. The van der Waals surface area contributed by atoms with Crippen molar-refractivity contribution >= 4 is 29.1 Å². The van der Waals surface area contributed by atoms with Gasteiger partial charge in [0, 0.05) is 45.4 Å². The van der Waals surface area contributed by atoms with Gasteiger partial charge in [0.25, 0.3) is 0 Å². The summed E-state index contributed by atoms with van der Waals surface area (Å²) in [5, 5.41) is 7.56. The summed E-state index contributed by atoms with van der Waals surface area (Å²) in [4.78, 5) is 24.6. The first kappa shape index (κ1) is 16.7. The Bertz CT molecular complexity index is 724. The highest BCUT2D eigenvalue weighted by Crippen LogP contribution is 2.16. The second-order valence-electron chi connectivity index (χ2n) is 5.80. The molecule has 1 aliphatic rings. The molecule has 2 aromatic rings. The zero-order valence-electron chi connectivity index (χ0n) is 13.7. The van der Waals surface area contributed by atoms with Crippen molar-refractivity contribution in [2.75, 3.05) is 42.9 Å². The molecule has 0 bridgehead atoms. The molecule has 0 aromatic carbocycles. The molecule has 1 N–H and O–H groups in total. The van der Waals surface area contributed by atoms with E-state index in [-0.39, 0.29) is 5.91 Å². The average molecular weight is 350 g/mol. The normalized spacial score (nSPS) is 15.5. The number of rotatable bonds is 4. The highest BCUT2D eigenvalue weighted by atomic mass is 35.5. The van der Waals surface area contributed by atoms with Crippen molar-refractivity contribution in [3.63, 3.8) is 0 Å². The maximum absolute atomic E-state index is 12.2. The minimum absolute atomic E-state index is 0.0310. The molecule has 3 heterocycles. The summed E-state index contributed by atoms with van der Waals surface area (Å²) >= 11 is 5.90. The van der Waals surface area contributed by atoms with Gasteiger partial charge in [-0.1, -0.05) is 11.6 Å². The minimum atomic E-state index is -0.0310. The Kier molecular flexibility index (Phi) is 4.96. The van der Waals surface area contributed by atoms with E-state index in [1.807, 2.05) is 20.0 Å². The Morgan fingerprint density at radius 2 is 2.00 bits per heavy atom. The predicted octanol–water partition coefficient (Wildman–Crippen LogP) is 0.933. The van der Waals surface area contributed by atoms with Crippen LogP contribution in [0.15, 0.2) is 18.5 Å². The lowest BCUT2D eigenvalue weighted by Gasteiger charge is -2.34. The third kappa shape index (κ3) is 4.01. The number of anilines is 2. The first-order valence-corrected chi connectivity index (χ1v) is 8.14. The lowest BCUT2D eigenvalue weighted by molar-refractivity contribution is -0.117. The molecule has 0 radical (unpaired) electrons. The van der Waals surface area contributed by atoms with Crippen molar-refractivity contribution in [3.8, 4) is 0 Å². The topological polar surface area (TPSA) is 79.2 Å². The molecule has 0 aliphatic carbocycles. The summed E-state index contributed by atoms with van der Waals surface area (Å²) < 4.78 is 1.67. The molecule has 1 saturated heterocycles. The van der Waals surface area contributed by atoms with Crippen LogP contribution < -0.4 is 10.2 Å². The van der Waals surface area contributed by atoms with Gasteiger partial charge in [0.1, 0.15) is 23.1 Å². The van der Waals surface area contributed by atoms with E-state index < -0.39 is 0 Å². The number of hydrogen-bond acceptors (Lipinski definition) is 6. The van der Waals surface area contributed by atoms with Crippen LogP contribution in [-0.4, -0.2) is 63.3 Å². The second kappa shape index (κ2) is 7.14. The summed E-state index contributed by atoms with van der Waals surface area (Å²) in [7, 11) is 1.81. The van der Waals surface area contributed by atoms with E-state index in [9.17, 15) is 4.79 Å². The molecule has 3 rings (SSSR count). The number of aromatic nitrogens is 4. The van der Waals surface area contributed by atoms with E-state index in [1.54, 1.807) is 10.7 Å². The summed E-state index contributed by atoms with van der Waals surface area (Å²) in [6.07, 6.45) is 1.47. The lowest BCUT2D eigenvalue weighted by atomic mass is 10.3. The third-order valence-electron chi connectivity index (χ3n) is 3.95. The predicted molar refractivity (Wildman–Crippen MR) is 92.3 cm³/mol. The van der Waals surface area contributed by atoms with Crippen LogP contribution in [0.2, 0.25) is 5.15 Å². The minimum Gasteiger partial charge on any atom is -0.354 e. The summed E-state index contributed by atoms with van der Waals surface area (Å²) in [6.45, 7) is 5.44. The molecular weight excluding hydrogens is 330 g/mol. The smallest absolute Gasteiger partial charge is 0.239 e. The zero-order chi connectivity index (χ0) is 17.1. The molecule has 0 saturated carbocycles. The molecule has 1 fully saturated rings. The number of hydrogen-bond donors (Lipinski definition) is 1. The van der Waals surface area contributed by atoms with Crippen molar-refractivity contribution in [2.24, 2.45) is 7.05 Å². The molecule has 128 valence electrons. The van der Waals surface area contributed by atoms with Crippen LogP contribution in [-0.2, 0) is 11.8 Å². The van der Waals surface area contributed by atoms with Crippen LogP contribution in [0.25, 0.3) is 0 Å². The lowest BCUT2D eigenvalue weighted by Crippen LogP contribution is -2.49. The second-order valence-corrected chi connectivity index (χ2v) is 6.19. The van der Waals surface area contributed by atoms with Gasteiger partial charge in [-0.3, -0.25) is 14.4 Å². The number of aryl methyl sites for hydroxylation is 2. The summed E-state index contributed by atoms with van der Waals surface area (Å²) in [6, 6.07) is 3.61. The van der Waals surface area contributed by atoms with Gasteiger partial charge >= 0.3 is 0 Å². The van der Waals surface area contributed by atoms with Crippen molar-refractivity contribution < 1.29 is 4.79 Å². The van der Waals surface area contributed by atoms with Crippen LogP contribution in [0, 0.1) is 6.92 Å². The Morgan fingerprint density at radius 1 is 1.25 bits per heavy atom. The van der Waals surface area contributed by atoms with E-state index >= 15 is 0 Å². The first-order valence-electron chi connectivity index (χ1n) is 7.76. The number of amides is 1. The fraction of sp³-hybridized carbons (Fsp3) is 0.467. The number of halogens is 1. The molecule has 0 unspecified atom stereocenters. The molecule has 1 aliphatic heterocycles. The van der Waals surface area contributed by atoms with Gasteiger partial charge in [-0.25, -0.2) is 9.97 Å². The number of nitrogens with one attached hydrogen (secondary N) is 1. The molecule has 0 atom stereocenters. The molecule has 24 heavy (non-hydrogen) atoms. The Labute approximate surface area is 145 Å². The van der Waals surface area contributed by atoms with Gasteiger partial charge in [0.15, 0.2) is 0 Å². The van der Waals surface area contributed by atoms with Crippen LogP contribution in [0.1, 0.15) is 5.69 Å². The van der Waals surface area contributed by atoms with Crippen LogP contribution in [0.4, 0.5) is 11.6 Å². The van der Waals surface area contributed by atoms with E-state index in [0.717, 1.165) is 37.7 Å². The molecule has 2 aromatic heterocycles. The van der Waals surface area contributed by atoms with Crippen molar-refractivity contribution in [1.29, 1.82) is 0 Å². The Morgan fingerprint density at radius 3 is 2.62 bits per heavy atom. The standard InChI is InChI=1S/C15H20ClN7O/c1-11-7-14(21(2)20-11)19-15(24)9-22-3-5-23(6-4-22)13-8-12(16)17-10-18-13/h7-8,10H,3-6,9H2,1-2H3,(H,19,24). The van der Waals surface area contributed by atoms with Crippen molar-refractivity contribution in [2.45, 2.75) is 6.92 Å². The highest BCUT2D eigenvalue weighted by Gasteiger charge is 2.20. The van der Waals surface area contributed by atoms with E-state index in [4.69, 9.17) is 11.6 Å². The monoisotopic (exact) mass is 349 g/mol. The van der Waals surface area contributed by atoms with Gasteiger partial charge in [-0.05, 0) is 6.92 Å². The van der Waals surface area contributed by atoms with Crippen molar-refractivity contribution in [1.82, 2.24) is 24.6 Å². The van der Waals surface area contributed by atoms with Crippen LogP contribution >= 0.6 is 11.6 Å². The third-order valence-corrected chi connectivity index (χ3v) is 4.16. The van der Waals surface area contributed by atoms with Gasteiger partial charge in [-0.2, -0.15) is 5.10 Å². The summed E-state index contributed by atoms with van der Waals surface area (Å²) in [5.41, 5.74) is 0.880. The molecule has 8 nitrogen and oxygen atoms in total. The number of carbonyl (C=O) groups excluding carboxylic acids is 1. The zero-order valence-corrected chi connectivity index (χ0v) is 14.5. The van der Waals surface area contributed by atoms with Crippen molar-refractivity contribution in [3.05, 3.63) is 29.3 Å². The van der Waals surface area contributed by atoms with E-state index in [0.29, 0.717) is 17.5 Å². The number of piperazine rings is 1. The van der Waals surface area contributed by atoms with Crippen LogP contribution in [0.5, 0.6) is 0 Å². The van der Waals surface area contributed by atoms with Gasteiger partial charge in [-0.15, -0.1) is 0 Å². The Hall–Kier alpha value is -2.19. The van der Waals surface area contributed by atoms with Crippen LogP contribution in [0.3, 0.4) is 0 Å². The SMILES string of the molecule is Cc1cc(NC(=O)CN2CCN(c3cc(Cl)ncn3)CC2)n(C)n1. The Balaban J connectivity index is 1.50. The van der Waals surface area contributed by atoms with E-state index in [1.165, 1.54) is 6.33 Å².